The molecule has 0 radical (unpaired) electrons. The second-order valence-corrected chi connectivity index (χ2v) is 7.04. The summed E-state index contributed by atoms with van der Waals surface area (Å²) in [6.45, 7) is 0. The minimum atomic E-state index is -3.58. The largest absolute Gasteiger partial charge is 0.324 e. The lowest BCUT2D eigenvalue weighted by Gasteiger charge is -2.29. The molecule has 102 valence electrons. The van der Waals surface area contributed by atoms with E-state index in [1.807, 2.05) is 0 Å². The van der Waals surface area contributed by atoms with Crippen LogP contribution in [0.15, 0.2) is 11.4 Å². The van der Waals surface area contributed by atoms with Gasteiger partial charge in [0, 0.05) is 20.1 Å². The van der Waals surface area contributed by atoms with E-state index in [1.54, 1.807) is 14.1 Å². The smallest absolute Gasteiger partial charge is 0.263 e. The Morgan fingerprint density at radius 3 is 2.50 bits per heavy atom. The summed E-state index contributed by atoms with van der Waals surface area (Å²) < 4.78 is 27.8. The third-order valence-electron chi connectivity index (χ3n) is 3.55. The molecular weight excluding hydrogens is 274 g/mol. The fourth-order valence-corrected chi connectivity index (χ4v) is 4.14. The molecule has 7 heteroatoms. The van der Waals surface area contributed by atoms with E-state index in [2.05, 4.69) is 4.98 Å². The maximum atomic E-state index is 12.4. The Bertz CT molecular complexity index is 520. The molecule has 1 heterocycles. The predicted octanol–water partition coefficient (Wildman–Crippen LogP) is 2.03. The lowest BCUT2D eigenvalue weighted by atomic mass is 9.96. The molecule has 1 aromatic heterocycles. The highest BCUT2D eigenvalue weighted by Gasteiger charge is 2.32. The van der Waals surface area contributed by atoms with Crippen molar-refractivity contribution < 1.29 is 8.42 Å². The number of sulfonamides is 1. The Balaban J connectivity index is 2.27. The Kier molecular flexibility index (Phi) is 3.99. The molecular formula is C11H18ClN3O2S. The Hall–Kier alpha value is -0.590. The summed E-state index contributed by atoms with van der Waals surface area (Å²) in [5.74, 6) is 0. The van der Waals surface area contributed by atoms with Gasteiger partial charge in [0.1, 0.15) is 5.15 Å². The van der Waals surface area contributed by atoms with Crippen LogP contribution < -0.4 is 0 Å². The van der Waals surface area contributed by atoms with Crippen molar-refractivity contribution in [2.75, 3.05) is 7.05 Å². The van der Waals surface area contributed by atoms with E-state index in [9.17, 15) is 8.42 Å². The molecule has 5 nitrogen and oxygen atoms in total. The van der Waals surface area contributed by atoms with Crippen LogP contribution in [0.4, 0.5) is 0 Å². The van der Waals surface area contributed by atoms with E-state index >= 15 is 0 Å². The highest BCUT2D eigenvalue weighted by Crippen LogP contribution is 2.28. The van der Waals surface area contributed by atoms with Crippen molar-refractivity contribution in [1.29, 1.82) is 0 Å². The Morgan fingerprint density at radius 2 is 2.00 bits per heavy atom. The van der Waals surface area contributed by atoms with Crippen LogP contribution in [0, 0.1) is 0 Å². The molecule has 0 aromatic carbocycles. The fourth-order valence-electron chi connectivity index (χ4n) is 2.34. The third-order valence-corrected chi connectivity index (χ3v) is 5.95. The van der Waals surface area contributed by atoms with Crippen molar-refractivity contribution in [1.82, 2.24) is 13.9 Å². The van der Waals surface area contributed by atoms with Crippen LogP contribution in [0.25, 0.3) is 0 Å². The zero-order valence-electron chi connectivity index (χ0n) is 10.6. The molecule has 0 bridgehead atoms. The molecule has 0 N–H and O–H groups in total. The van der Waals surface area contributed by atoms with Crippen LogP contribution in [0.1, 0.15) is 32.1 Å². The van der Waals surface area contributed by atoms with Gasteiger partial charge in [-0.05, 0) is 12.8 Å². The average Bonchev–Trinajstić information content (AvgIpc) is 2.70. The average molecular weight is 292 g/mol. The highest BCUT2D eigenvalue weighted by atomic mass is 35.5. The SMILES string of the molecule is CN(C1CCCCC1)S(=O)(=O)c1ncn(C)c1Cl. The minimum absolute atomic E-state index is 0.0419. The number of imidazole rings is 1. The molecule has 0 amide bonds. The number of nitrogens with zero attached hydrogens (tertiary/aromatic N) is 3. The van der Waals surface area contributed by atoms with Crippen LogP contribution in [-0.2, 0) is 17.1 Å². The number of aromatic nitrogens is 2. The molecule has 0 atom stereocenters. The first-order valence-corrected chi connectivity index (χ1v) is 7.91. The van der Waals surface area contributed by atoms with Crippen LogP contribution in [0.2, 0.25) is 5.15 Å². The number of hydrogen-bond acceptors (Lipinski definition) is 3. The first kappa shape index (κ1) is 13.8. The first-order chi connectivity index (χ1) is 8.44. The van der Waals surface area contributed by atoms with Crippen LogP contribution in [0.3, 0.4) is 0 Å². The van der Waals surface area contributed by atoms with Gasteiger partial charge in [-0.15, -0.1) is 0 Å². The van der Waals surface area contributed by atoms with Gasteiger partial charge < -0.3 is 4.57 Å². The van der Waals surface area contributed by atoms with E-state index in [4.69, 9.17) is 11.6 Å². The van der Waals surface area contributed by atoms with E-state index in [0.717, 1.165) is 25.7 Å². The van der Waals surface area contributed by atoms with Gasteiger partial charge in [-0.2, -0.15) is 4.31 Å². The normalized spacial score (nSPS) is 18.4. The number of halogens is 1. The third kappa shape index (κ3) is 2.41. The molecule has 1 saturated carbocycles. The van der Waals surface area contributed by atoms with Crippen molar-refractivity contribution in [3.8, 4) is 0 Å². The Morgan fingerprint density at radius 1 is 1.39 bits per heavy atom. The summed E-state index contributed by atoms with van der Waals surface area (Å²) in [6.07, 6.45) is 6.61. The molecule has 0 spiro atoms. The van der Waals surface area contributed by atoms with Gasteiger partial charge in [-0.25, -0.2) is 13.4 Å². The van der Waals surface area contributed by atoms with Gasteiger partial charge in [0.15, 0.2) is 0 Å². The van der Waals surface area contributed by atoms with E-state index in [0.29, 0.717) is 0 Å². The summed E-state index contributed by atoms with van der Waals surface area (Å²) in [6, 6.07) is 0.0711. The molecule has 18 heavy (non-hydrogen) atoms. The number of aryl methyl sites for hydroxylation is 1. The summed E-state index contributed by atoms with van der Waals surface area (Å²) in [5, 5.41) is 0.123. The molecule has 1 aliphatic rings. The molecule has 0 unspecified atom stereocenters. The lowest BCUT2D eigenvalue weighted by molar-refractivity contribution is 0.285. The topological polar surface area (TPSA) is 55.2 Å². The van der Waals surface area contributed by atoms with Gasteiger partial charge >= 0.3 is 0 Å². The number of hydrogen-bond donors (Lipinski definition) is 0. The van der Waals surface area contributed by atoms with E-state index < -0.39 is 10.0 Å². The second-order valence-electron chi connectivity index (χ2n) is 4.76. The molecule has 0 saturated heterocycles. The van der Waals surface area contributed by atoms with Crippen LogP contribution in [0.5, 0.6) is 0 Å². The zero-order valence-corrected chi connectivity index (χ0v) is 12.2. The fraction of sp³-hybridized carbons (Fsp3) is 0.727. The molecule has 0 aliphatic heterocycles. The maximum absolute atomic E-state index is 12.4. The van der Waals surface area contributed by atoms with Crippen molar-refractivity contribution >= 4 is 21.6 Å². The van der Waals surface area contributed by atoms with E-state index in [1.165, 1.54) is 21.6 Å². The van der Waals surface area contributed by atoms with Gasteiger partial charge in [-0.3, -0.25) is 0 Å². The zero-order chi connectivity index (χ0) is 13.3. The van der Waals surface area contributed by atoms with E-state index in [-0.39, 0.29) is 16.2 Å². The van der Waals surface area contributed by atoms with Crippen molar-refractivity contribution in [2.45, 2.75) is 43.2 Å². The van der Waals surface area contributed by atoms with Crippen LogP contribution >= 0.6 is 11.6 Å². The maximum Gasteiger partial charge on any atom is 0.263 e. The molecule has 1 aliphatic carbocycles. The monoisotopic (exact) mass is 291 g/mol. The first-order valence-electron chi connectivity index (χ1n) is 6.09. The molecule has 1 fully saturated rings. The summed E-state index contributed by atoms with van der Waals surface area (Å²) in [4.78, 5) is 3.90. The number of rotatable bonds is 3. The van der Waals surface area contributed by atoms with Crippen LogP contribution in [-0.4, -0.2) is 35.4 Å². The van der Waals surface area contributed by atoms with Gasteiger partial charge in [0.25, 0.3) is 10.0 Å². The summed E-state index contributed by atoms with van der Waals surface area (Å²) in [7, 11) is -0.282. The van der Waals surface area contributed by atoms with Crippen molar-refractivity contribution in [2.24, 2.45) is 7.05 Å². The van der Waals surface area contributed by atoms with Crippen molar-refractivity contribution in [3.05, 3.63) is 11.5 Å². The quantitative estimate of drug-likeness (QED) is 0.856. The lowest BCUT2D eigenvalue weighted by Crippen LogP contribution is -2.38. The summed E-state index contributed by atoms with van der Waals surface area (Å²) >= 11 is 5.97. The predicted molar refractivity (Wildman–Crippen MR) is 70.0 cm³/mol. The standard InChI is InChI=1S/C11H18ClN3O2S/c1-14-8-13-11(10(14)12)18(16,17)15(2)9-6-4-3-5-7-9/h8-9H,3-7H2,1-2H3. The highest BCUT2D eigenvalue weighted by molar-refractivity contribution is 7.89. The van der Waals surface area contributed by atoms with Crippen molar-refractivity contribution in [3.63, 3.8) is 0 Å². The Labute approximate surface area is 113 Å². The van der Waals surface area contributed by atoms with Gasteiger partial charge in [0.05, 0.1) is 6.33 Å². The van der Waals surface area contributed by atoms with Gasteiger partial charge in [0.2, 0.25) is 5.03 Å². The summed E-state index contributed by atoms with van der Waals surface area (Å²) in [5.41, 5.74) is 0. The minimum Gasteiger partial charge on any atom is -0.324 e. The molecule has 2 rings (SSSR count). The van der Waals surface area contributed by atoms with Gasteiger partial charge in [-0.1, -0.05) is 30.9 Å². The molecule has 1 aromatic rings. The second kappa shape index (κ2) is 5.19.